The summed E-state index contributed by atoms with van der Waals surface area (Å²) in [6, 6.07) is 12.3. The Morgan fingerprint density at radius 1 is 1.11 bits per heavy atom. The molecule has 11 nitrogen and oxygen atoms in total. The number of primary amides is 1. The zero-order valence-electron chi connectivity index (χ0n) is 19.0. The maximum absolute atomic E-state index is 12.8. The summed E-state index contributed by atoms with van der Waals surface area (Å²) >= 11 is 1.24. The van der Waals surface area contributed by atoms with E-state index in [1.54, 1.807) is 62.8 Å². The number of carbonyl (C=O) groups excluding carboxylic acids is 1. The Morgan fingerprint density at radius 3 is 2.34 bits per heavy atom. The molecule has 1 amide bonds. The van der Waals surface area contributed by atoms with Gasteiger partial charge in [0.05, 0.1) is 18.8 Å². The first-order valence-electron chi connectivity index (χ1n) is 10.1. The Hall–Kier alpha value is -4.45. The Labute approximate surface area is 203 Å². The van der Waals surface area contributed by atoms with Gasteiger partial charge in [-0.25, -0.2) is 0 Å². The van der Waals surface area contributed by atoms with E-state index in [0.29, 0.717) is 38.1 Å². The Bertz CT molecular complexity index is 1460. The van der Waals surface area contributed by atoms with Crippen molar-refractivity contribution in [1.29, 1.82) is 0 Å². The van der Waals surface area contributed by atoms with Gasteiger partial charge in [-0.05, 0) is 42.0 Å². The summed E-state index contributed by atoms with van der Waals surface area (Å²) in [5, 5.41) is 11.8. The van der Waals surface area contributed by atoms with E-state index >= 15 is 0 Å². The second kappa shape index (κ2) is 11.1. The van der Waals surface area contributed by atoms with Crippen molar-refractivity contribution in [2.24, 2.45) is 5.73 Å². The summed E-state index contributed by atoms with van der Waals surface area (Å²) in [4.78, 5) is 37.5. The standard InChI is InChI=1S/C21H18N4O5S.C2H4O2/c1-28-15-8-5-13(10-16(15)29-2)19-23-21-25(24-19)20(27)17(31-21)9-12-3-6-14(7-4-12)30-11-18(22)26;1-2(3)4/h3-10H,11H2,1-2H3,(H2,22,26);1H3,(H,3,4)/b17-9-;. The van der Waals surface area contributed by atoms with Crippen LogP contribution in [0.5, 0.6) is 17.2 Å². The van der Waals surface area contributed by atoms with E-state index in [-0.39, 0.29) is 12.2 Å². The summed E-state index contributed by atoms with van der Waals surface area (Å²) in [5.74, 6) is 0.707. The van der Waals surface area contributed by atoms with Crippen LogP contribution in [0.3, 0.4) is 0 Å². The zero-order valence-corrected chi connectivity index (χ0v) is 19.9. The molecule has 182 valence electrons. The SMILES string of the molecule is CC(=O)O.COc1ccc(-c2nc3s/c(=C\c4ccc(OCC(N)=O)cc4)c(=O)n3n2)cc1OC. The average molecular weight is 499 g/mol. The number of aliphatic carboxylic acids is 1. The van der Waals surface area contributed by atoms with Gasteiger partial charge in [0.2, 0.25) is 4.96 Å². The molecular weight excluding hydrogens is 476 g/mol. The number of rotatable bonds is 7. The minimum atomic E-state index is -0.833. The van der Waals surface area contributed by atoms with Gasteiger partial charge < -0.3 is 25.1 Å². The third-order valence-electron chi connectivity index (χ3n) is 4.38. The monoisotopic (exact) mass is 498 g/mol. The third kappa shape index (κ3) is 6.32. The van der Waals surface area contributed by atoms with Gasteiger partial charge in [-0.2, -0.15) is 9.50 Å². The first-order chi connectivity index (χ1) is 16.7. The molecule has 2 heterocycles. The Kier molecular flexibility index (Phi) is 8.00. The number of carboxylic acid groups (broad SMARTS) is 1. The highest BCUT2D eigenvalue weighted by atomic mass is 32.1. The molecule has 0 fully saturated rings. The summed E-state index contributed by atoms with van der Waals surface area (Å²) < 4.78 is 17.6. The first kappa shape index (κ1) is 25.2. The van der Waals surface area contributed by atoms with Gasteiger partial charge in [-0.15, -0.1) is 5.10 Å². The molecular formula is C23H22N4O7S. The van der Waals surface area contributed by atoms with Gasteiger partial charge in [-0.1, -0.05) is 23.5 Å². The van der Waals surface area contributed by atoms with Crippen LogP contribution in [-0.2, 0) is 9.59 Å². The fourth-order valence-corrected chi connectivity index (χ4v) is 3.81. The second-order valence-corrected chi connectivity index (χ2v) is 7.97. The first-order valence-corrected chi connectivity index (χ1v) is 10.9. The molecule has 12 heteroatoms. The minimum absolute atomic E-state index is 0.191. The largest absolute Gasteiger partial charge is 0.493 e. The van der Waals surface area contributed by atoms with E-state index in [4.69, 9.17) is 29.8 Å². The van der Waals surface area contributed by atoms with Crippen LogP contribution >= 0.6 is 11.3 Å². The van der Waals surface area contributed by atoms with E-state index in [2.05, 4.69) is 10.1 Å². The van der Waals surface area contributed by atoms with Gasteiger partial charge in [0.25, 0.3) is 17.4 Å². The Balaban J connectivity index is 0.000000795. The number of thiazole rings is 1. The fourth-order valence-electron chi connectivity index (χ4n) is 2.90. The number of hydrogen-bond acceptors (Lipinski definition) is 9. The molecule has 35 heavy (non-hydrogen) atoms. The molecule has 0 spiro atoms. The number of nitrogens with two attached hydrogens (primary N) is 1. The molecule has 0 saturated carbocycles. The molecule has 0 aliphatic heterocycles. The molecule has 2 aromatic carbocycles. The summed E-state index contributed by atoms with van der Waals surface area (Å²) in [6.45, 7) is 0.893. The minimum Gasteiger partial charge on any atom is -0.493 e. The van der Waals surface area contributed by atoms with Crippen molar-refractivity contribution in [2.45, 2.75) is 6.92 Å². The lowest BCUT2D eigenvalue weighted by Crippen LogP contribution is -2.23. The van der Waals surface area contributed by atoms with Crippen molar-refractivity contribution in [3.05, 3.63) is 62.9 Å². The smallest absolute Gasteiger partial charge is 0.300 e. The molecule has 0 radical (unpaired) electrons. The molecule has 0 aliphatic rings. The molecule has 0 aliphatic carbocycles. The van der Waals surface area contributed by atoms with Crippen LogP contribution in [0.25, 0.3) is 22.4 Å². The van der Waals surface area contributed by atoms with Gasteiger partial charge in [0.1, 0.15) is 5.75 Å². The lowest BCUT2D eigenvalue weighted by atomic mass is 10.2. The van der Waals surface area contributed by atoms with E-state index in [0.717, 1.165) is 12.5 Å². The van der Waals surface area contributed by atoms with E-state index in [1.165, 1.54) is 15.9 Å². The van der Waals surface area contributed by atoms with Crippen LogP contribution in [0.2, 0.25) is 0 Å². The highest BCUT2D eigenvalue weighted by molar-refractivity contribution is 7.15. The molecule has 0 saturated heterocycles. The van der Waals surface area contributed by atoms with Crippen molar-refractivity contribution < 1.29 is 28.9 Å². The van der Waals surface area contributed by atoms with Gasteiger partial charge in [0, 0.05) is 12.5 Å². The van der Waals surface area contributed by atoms with E-state index in [9.17, 15) is 9.59 Å². The molecule has 2 aromatic heterocycles. The quantitative estimate of drug-likeness (QED) is 0.384. The number of benzene rings is 2. The third-order valence-corrected chi connectivity index (χ3v) is 5.34. The molecule has 3 N–H and O–H groups in total. The number of aromatic nitrogens is 3. The predicted molar refractivity (Wildman–Crippen MR) is 129 cm³/mol. The van der Waals surface area contributed by atoms with Crippen molar-refractivity contribution >= 4 is 34.3 Å². The molecule has 0 bridgehead atoms. The summed E-state index contributed by atoms with van der Waals surface area (Å²) in [6.07, 6.45) is 1.75. The number of hydrogen-bond donors (Lipinski definition) is 2. The molecule has 0 atom stereocenters. The number of amides is 1. The van der Waals surface area contributed by atoms with Crippen LogP contribution in [0.1, 0.15) is 12.5 Å². The summed E-state index contributed by atoms with van der Waals surface area (Å²) in [7, 11) is 3.11. The van der Waals surface area contributed by atoms with Gasteiger partial charge in [0.15, 0.2) is 23.9 Å². The van der Waals surface area contributed by atoms with Crippen molar-refractivity contribution in [2.75, 3.05) is 20.8 Å². The van der Waals surface area contributed by atoms with Crippen LogP contribution in [0.15, 0.2) is 47.3 Å². The lowest BCUT2D eigenvalue weighted by molar-refractivity contribution is -0.134. The molecule has 0 unspecified atom stereocenters. The van der Waals surface area contributed by atoms with Crippen LogP contribution in [-0.4, -0.2) is 52.4 Å². The number of carbonyl (C=O) groups is 2. The van der Waals surface area contributed by atoms with Crippen LogP contribution in [0.4, 0.5) is 0 Å². The Morgan fingerprint density at radius 2 is 1.77 bits per heavy atom. The predicted octanol–water partition coefficient (Wildman–Crippen LogP) is 1.34. The second-order valence-electron chi connectivity index (χ2n) is 6.96. The maximum atomic E-state index is 12.8. The van der Waals surface area contributed by atoms with Gasteiger partial charge >= 0.3 is 0 Å². The topological polar surface area (TPSA) is 155 Å². The lowest BCUT2D eigenvalue weighted by Gasteiger charge is -2.07. The number of ether oxygens (including phenoxy) is 3. The number of carboxylic acids is 1. The van der Waals surface area contributed by atoms with Crippen molar-refractivity contribution in [1.82, 2.24) is 14.6 Å². The van der Waals surface area contributed by atoms with Crippen LogP contribution in [0, 0.1) is 0 Å². The molecule has 4 aromatic rings. The van der Waals surface area contributed by atoms with Crippen molar-refractivity contribution in [3.63, 3.8) is 0 Å². The zero-order chi connectivity index (χ0) is 25.5. The molecule has 4 rings (SSSR count). The highest BCUT2D eigenvalue weighted by Crippen LogP contribution is 2.31. The van der Waals surface area contributed by atoms with Gasteiger partial charge in [-0.3, -0.25) is 14.4 Å². The van der Waals surface area contributed by atoms with Crippen LogP contribution < -0.4 is 30.0 Å². The van der Waals surface area contributed by atoms with E-state index in [1.807, 2.05) is 0 Å². The fraction of sp³-hybridized carbons (Fsp3) is 0.174. The summed E-state index contributed by atoms with van der Waals surface area (Å²) in [5.41, 5.74) is 6.32. The highest BCUT2D eigenvalue weighted by Gasteiger charge is 2.14. The number of nitrogens with zero attached hydrogens (tertiary/aromatic N) is 3. The number of methoxy groups -OCH3 is 2. The van der Waals surface area contributed by atoms with Crippen molar-refractivity contribution in [3.8, 4) is 28.6 Å². The maximum Gasteiger partial charge on any atom is 0.300 e. The normalized spacial score (nSPS) is 11.0. The van der Waals surface area contributed by atoms with E-state index < -0.39 is 11.9 Å². The average Bonchev–Trinajstić information content (AvgIpc) is 3.37. The number of fused-ring (bicyclic) bond motifs is 1.